The van der Waals surface area contributed by atoms with Gasteiger partial charge in [0.05, 0.1) is 5.92 Å². The molecule has 1 fully saturated rings. The Morgan fingerprint density at radius 2 is 1.60 bits per heavy atom. The summed E-state index contributed by atoms with van der Waals surface area (Å²) in [5.74, 6) is -1.28. The number of nitrogens with zero attached hydrogens (tertiary/aromatic N) is 1. The van der Waals surface area contributed by atoms with E-state index in [-0.39, 0.29) is 13.1 Å². The van der Waals surface area contributed by atoms with Crippen LogP contribution in [0.5, 0.6) is 0 Å². The third-order valence-electron chi connectivity index (χ3n) is 2.84. The van der Waals surface area contributed by atoms with Crippen molar-refractivity contribution in [3.8, 4) is 0 Å². The zero-order valence-electron chi connectivity index (χ0n) is 13.4. The normalized spacial score (nSPS) is 14.9. The molecule has 1 amide bonds. The Hall–Kier alpha value is -1.26. The number of ether oxygens (including phenoxy) is 1. The van der Waals surface area contributed by atoms with Gasteiger partial charge in [-0.1, -0.05) is 39.5 Å². The Morgan fingerprint density at radius 1 is 1.15 bits per heavy atom. The SMILES string of the molecule is CC(C)(C)OC(=O)N1CC(C(=O)O)C1.CCCCCC. The van der Waals surface area contributed by atoms with Crippen LogP contribution in [0.1, 0.15) is 60.3 Å². The Kier molecular flexibility index (Phi) is 8.26. The van der Waals surface area contributed by atoms with Crippen LogP contribution in [0.25, 0.3) is 0 Å². The highest BCUT2D eigenvalue weighted by Crippen LogP contribution is 2.19. The second-order valence-corrected chi connectivity index (χ2v) is 6.13. The number of likely N-dealkylation sites (tertiary alicyclic amines) is 1. The number of aliphatic carboxylic acids is 1. The number of carboxylic acid groups (broad SMARTS) is 1. The molecule has 0 atom stereocenters. The first kappa shape index (κ1) is 18.7. The molecule has 0 aliphatic carbocycles. The second-order valence-electron chi connectivity index (χ2n) is 6.13. The lowest BCUT2D eigenvalue weighted by Crippen LogP contribution is -2.54. The van der Waals surface area contributed by atoms with Gasteiger partial charge in [-0.25, -0.2) is 4.79 Å². The number of unbranched alkanes of at least 4 members (excludes halogenated alkanes) is 3. The number of amides is 1. The smallest absolute Gasteiger partial charge is 0.410 e. The Morgan fingerprint density at radius 3 is 1.90 bits per heavy atom. The molecule has 5 heteroatoms. The number of rotatable bonds is 4. The fraction of sp³-hybridized carbons (Fsp3) is 0.867. The molecule has 1 rings (SSSR count). The van der Waals surface area contributed by atoms with Crippen LogP contribution >= 0.6 is 0 Å². The lowest BCUT2D eigenvalue weighted by Gasteiger charge is -2.37. The van der Waals surface area contributed by atoms with Gasteiger partial charge in [-0.15, -0.1) is 0 Å². The van der Waals surface area contributed by atoms with Crippen LogP contribution in [0.2, 0.25) is 0 Å². The number of carboxylic acids is 1. The molecule has 1 aliphatic heterocycles. The van der Waals surface area contributed by atoms with Crippen LogP contribution in [0.4, 0.5) is 4.79 Å². The largest absolute Gasteiger partial charge is 0.481 e. The molecule has 1 aliphatic rings. The van der Waals surface area contributed by atoms with Gasteiger partial charge in [0.2, 0.25) is 0 Å². The molecular formula is C15H29NO4. The van der Waals surface area contributed by atoms with Gasteiger partial charge in [-0.2, -0.15) is 0 Å². The summed E-state index contributed by atoms with van der Waals surface area (Å²) in [6.07, 6.45) is 5.10. The summed E-state index contributed by atoms with van der Waals surface area (Å²) in [4.78, 5) is 23.2. The molecule has 0 aromatic rings. The number of carbonyl (C=O) groups is 2. The van der Waals surface area contributed by atoms with Gasteiger partial charge in [-0.3, -0.25) is 4.79 Å². The molecule has 0 bridgehead atoms. The predicted octanol–water partition coefficient (Wildman–Crippen LogP) is 3.52. The molecule has 118 valence electrons. The van der Waals surface area contributed by atoms with Crippen molar-refractivity contribution < 1.29 is 19.4 Å². The maximum absolute atomic E-state index is 11.3. The van der Waals surface area contributed by atoms with Crippen LogP contribution in [0, 0.1) is 5.92 Å². The van der Waals surface area contributed by atoms with Crippen LogP contribution in [0.15, 0.2) is 0 Å². The van der Waals surface area contributed by atoms with E-state index in [1.807, 2.05) is 0 Å². The third kappa shape index (κ3) is 8.02. The molecule has 1 N–H and O–H groups in total. The van der Waals surface area contributed by atoms with E-state index in [2.05, 4.69) is 13.8 Å². The van der Waals surface area contributed by atoms with Gasteiger partial charge in [0.25, 0.3) is 0 Å². The molecule has 0 aromatic carbocycles. The van der Waals surface area contributed by atoms with E-state index in [1.54, 1.807) is 20.8 Å². The van der Waals surface area contributed by atoms with Crippen molar-refractivity contribution in [2.75, 3.05) is 13.1 Å². The summed E-state index contributed by atoms with van der Waals surface area (Å²) < 4.78 is 5.06. The van der Waals surface area contributed by atoms with Crippen molar-refractivity contribution in [3.63, 3.8) is 0 Å². The van der Waals surface area contributed by atoms with Gasteiger partial charge < -0.3 is 14.7 Å². The van der Waals surface area contributed by atoms with Crippen molar-refractivity contribution in [1.29, 1.82) is 0 Å². The minimum atomic E-state index is -0.857. The Bertz CT molecular complexity index is 299. The average molecular weight is 287 g/mol. The van der Waals surface area contributed by atoms with E-state index in [1.165, 1.54) is 30.6 Å². The highest BCUT2D eigenvalue weighted by atomic mass is 16.6. The Labute approximate surface area is 122 Å². The zero-order chi connectivity index (χ0) is 15.8. The van der Waals surface area contributed by atoms with Crippen LogP contribution in [-0.4, -0.2) is 40.8 Å². The first-order valence-corrected chi connectivity index (χ1v) is 7.42. The highest BCUT2D eigenvalue weighted by molar-refractivity contribution is 5.76. The summed E-state index contributed by atoms with van der Waals surface area (Å²) in [6, 6.07) is 0. The molecule has 5 nitrogen and oxygen atoms in total. The summed E-state index contributed by atoms with van der Waals surface area (Å²) in [5, 5.41) is 8.59. The minimum absolute atomic E-state index is 0.254. The van der Waals surface area contributed by atoms with Gasteiger partial charge >= 0.3 is 12.1 Å². The molecule has 20 heavy (non-hydrogen) atoms. The lowest BCUT2D eigenvalue weighted by molar-refractivity contribution is -0.146. The standard InChI is InChI=1S/C9H15NO4.C6H14/c1-9(2,3)14-8(13)10-4-6(5-10)7(11)12;1-3-5-6-4-2/h6H,4-5H2,1-3H3,(H,11,12);3-6H2,1-2H3. The molecule has 1 heterocycles. The maximum atomic E-state index is 11.3. The number of hydrogen-bond acceptors (Lipinski definition) is 3. The second kappa shape index (κ2) is 8.82. The summed E-state index contributed by atoms with van der Waals surface area (Å²) in [6.45, 7) is 10.3. The van der Waals surface area contributed by atoms with Crippen LogP contribution in [0.3, 0.4) is 0 Å². The van der Waals surface area contributed by atoms with Crippen molar-refractivity contribution in [3.05, 3.63) is 0 Å². The highest BCUT2D eigenvalue weighted by Gasteiger charge is 2.37. The van der Waals surface area contributed by atoms with Crippen LogP contribution < -0.4 is 0 Å². The lowest BCUT2D eigenvalue weighted by atomic mass is 10.0. The van der Waals surface area contributed by atoms with E-state index in [4.69, 9.17) is 9.84 Å². The number of hydrogen-bond donors (Lipinski definition) is 1. The monoisotopic (exact) mass is 287 g/mol. The van der Waals surface area contributed by atoms with Crippen molar-refractivity contribution >= 4 is 12.1 Å². The van der Waals surface area contributed by atoms with E-state index in [0.29, 0.717) is 0 Å². The van der Waals surface area contributed by atoms with Crippen molar-refractivity contribution in [1.82, 2.24) is 4.90 Å². The minimum Gasteiger partial charge on any atom is -0.481 e. The summed E-state index contributed by atoms with van der Waals surface area (Å²) >= 11 is 0. The molecule has 0 aromatic heterocycles. The van der Waals surface area contributed by atoms with Crippen molar-refractivity contribution in [2.45, 2.75) is 65.9 Å². The molecule has 0 spiro atoms. The van der Waals surface area contributed by atoms with E-state index >= 15 is 0 Å². The summed E-state index contributed by atoms with van der Waals surface area (Å²) in [5.41, 5.74) is -0.522. The molecule has 1 saturated heterocycles. The fourth-order valence-electron chi connectivity index (χ4n) is 1.61. The van der Waals surface area contributed by atoms with Gasteiger partial charge in [0.15, 0.2) is 0 Å². The van der Waals surface area contributed by atoms with Gasteiger partial charge in [0.1, 0.15) is 5.60 Å². The first-order chi connectivity index (χ1) is 9.21. The molecular weight excluding hydrogens is 258 g/mol. The molecule has 0 saturated carbocycles. The summed E-state index contributed by atoms with van der Waals surface area (Å²) in [7, 11) is 0. The van der Waals surface area contributed by atoms with E-state index < -0.39 is 23.6 Å². The zero-order valence-corrected chi connectivity index (χ0v) is 13.4. The molecule has 0 radical (unpaired) electrons. The quantitative estimate of drug-likeness (QED) is 0.803. The number of carbonyl (C=O) groups excluding carboxylic acids is 1. The Balaban J connectivity index is 0.000000511. The topological polar surface area (TPSA) is 66.8 Å². The predicted molar refractivity (Wildman–Crippen MR) is 78.7 cm³/mol. The van der Waals surface area contributed by atoms with Gasteiger partial charge in [-0.05, 0) is 20.8 Å². The fourth-order valence-corrected chi connectivity index (χ4v) is 1.61. The average Bonchev–Trinajstić information content (AvgIpc) is 2.21. The van der Waals surface area contributed by atoms with Gasteiger partial charge in [0, 0.05) is 13.1 Å². The van der Waals surface area contributed by atoms with Crippen LogP contribution in [-0.2, 0) is 9.53 Å². The molecule has 0 unspecified atom stereocenters. The van der Waals surface area contributed by atoms with E-state index in [0.717, 1.165) is 0 Å². The third-order valence-corrected chi connectivity index (χ3v) is 2.84. The first-order valence-electron chi connectivity index (χ1n) is 7.42. The van der Waals surface area contributed by atoms with Crippen molar-refractivity contribution in [2.24, 2.45) is 5.92 Å². The maximum Gasteiger partial charge on any atom is 0.410 e. The van der Waals surface area contributed by atoms with E-state index in [9.17, 15) is 9.59 Å².